The van der Waals surface area contributed by atoms with Crippen LogP contribution in [-0.4, -0.2) is 36.5 Å². The van der Waals surface area contributed by atoms with Crippen LogP contribution in [0.1, 0.15) is 12.8 Å². The maximum Gasteiger partial charge on any atom is 0.236 e. The molecule has 3 nitrogen and oxygen atoms in total. The number of piperazine rings is 1. The average Bonchev–Trinajstić information content (AvgIpc) is 2.36. The Morgan fingerprint density at radius 1 is 1.55 bits per heavy atom. The fraction of sp³-hybridized carbons (Fsp3) is 0.857. The van der Waals surface area contributed by atoms with E-state index in [0.29, 0.717) is 12.6 Å². The first-order valence-corrected chi connectivity index (χ1v) is 3.88. The predicted molar refractivity (Wildman–Crippen MR) is 44.9 cm³/mol. The maximum absolute atomic E-state index is 11.1. The molecule has 0 saturated carbocycles. The molecule has 2 saturated heterocycles. The lowest BCUT2D eigenvalue weighted by Gasteiger charge is -2.29. The molecule has 1 N–H and O–H groups in total. The van der Waals surface area contributed by atoms with Gasteiger partial charge in [0.1, 0.15) is 0 Å². The first-order valence-electron chi connectivity index (χ1n) is 3.88. The lowest BCUT2D eigenvalue weighted by Crippen LogP contribution is -2.51. The summed E-state index contributed by atoms with van der Waals surface area (Å²) in [4.78, 5) is 13.1. The molecule has 0 aromatic carbocycles. The van der Waals surface area contributed by atoms with Gasteiger partial charge in [-0.05, 0) is 12.8 Å². The molecule has 0 spiro atoms. The molecule has 0 bridgehead atoms. The smallest absolute Gasteiger partial charge is 0.236 e. The van der Waals surface area contributed by atoms with Gasteiger partial charge in [0.25, 0.3) is 0 Å². The van der Waals surface area contributed by atoms with Gasteiger partial charge < -0.3 is 10.2 Å². The zero-order valence-electron chi connectivity index (χ0n) is 6.38. The van der Waals surface area contributed by atoms with Gasteiger partial charge in [-0.15, -0.1) is 12.4 Å². The summed E-state index contributed by atoms with van der Waals surface area (Å²) in [6.45, 7) is 2.55. The Morgan fingerprint density at radius 2 is 2.36 bits per heavy atom. The minimum absolute atomic E-state index is 0. The largest absolute Gasteiger partial charge is 0.337 e. The van der Waals surface area contributed by atoms with Crippen molar-refractivity contribution in [3.05, 3.63) is 0 Å². The fourth-order valence-electron chi connectivity index (χ4n) is 1.82. The normalized spacial score (nSPS) is 29.6. The van der Waals surface area contributed by atoms with Crippen LogP contribution in [-0.2, 0) is 4.79 Å². The van der Waals surface area contributed by atoms with E-state index in [1.54, 1.807) is 0 Å². The second-order valence-electron chi connectivity index (χ2n) is 3.01. The van der Waals surface area contributed by atoms with E-state index < -0.39 is 0 Å². The third-order valence-electron chi connectivity index (χ3n) is 2.35. The van der Waals surface area contributed by atoms with Crippen molar-refractivity contribution in [2.45, 2.75) is 18.9 Å². The number of carbonyl (C=O) groups excluding carboxylic acids is 1. The van der Waals surface area contributed by atoms with E-state index in [1.165, 1.54) is 12.8 Å². The molecule has 1 atom stereocenters. The standard InChI is InChI=1S/C7H12N2O.ClH/c10-7-5-8-4-6-2-1-3-9(6)7;/h6,8H,1-5H2;1H/t6-;/m1./s1. The monoisotopic (exact) mass is 176 g/mol. The van der Waals surface area contributed by atoms with Crippen LogP contribution >= 0.6 is 12.4 Å². The van der Waals surface area contributed by atoms with Crippen molar-refractivity contribution in [1.82, 2.24) is 10.2 Å². The number of nitrogens with zero attached hydrogens (tertiary/aromatic N) is 1. The van der Waals surface area contributed by atoms with E-state index in [1.807, 2.05) is 4.90 Å². The summed E-state index contributed by atoms with van der Waals surface area (Å²) in [5, 5.41) is 3.11. The summed E-state index contributed by atoms with van der Waals surface area (Å²) in [6.07, 6.45) is 2.39. The summed E-state index contributed by atoms with van der Waals surface area (Å²) in [7, 11) is 0. The molecular formula is C7H13ClN2O. The average molecular weight is 177 g/mol. The number of hydrogen-bond donors (Lipinski definition) is 1. The highest BCUT2D eigenvalue weighted by atomic mass is 35.5. The number of carbonyl (C=O) groups is 1. The van der Waals surface area contributed by atoms with Gasteiger partial charge in [0.2, 0.25) is 5.91 Å². The summed E-state index contributed by atoms with van der Waals surface area (Å²) >= 11 is 0. The van der Waals surface area contributed by atoms with Crippen LogP contribution < -0.4 is 5.32 Å². The highest BCUT2D eigenvalue weighted by Crippen LogP contribution is 2.18. The Hall–Kier alpha value is -0.280. The van der Waals surface area contributed by atoms with Gasteiger partial charge in [-0.3, -0.25) is 4.79 Å². The molecule has 2 rings (SSSR count). The zero-order chi connectivity index (χ0) is 6.97. The van der Waals surface area contributed by atoms with Crippen molar-refractivity contribution < 1.29 is 4.79 Å². The van der Waals surface area contributed by atoms with Gasteiger partial charge in [-0.25, -0.2) is 0 Å². The molecule has 0 aliphatic carbocycles. The van der Waals surface area contributed by atoms with E-state index in [4.69, 9.17) is 0 Å². The third-order valence-corrected chi connectivity index (χ3v) is 2.35. The lowest BCUT2D eigenvalue weighted by atomic mass is 10.2. The zero-order valence-corrected chi connectivity index (χ0v) is 7.19. The second-order valence-corrected chi connectivity index (χ2v) is 3.01. The van der Waals surface area contributed by atoms with Crippen molar-refractivity contribution in [2.75, 3.05) is 19.6 Å². The van der Waals surface area contributed by atoms with Crippen molar-refractivity contribution in [1.29, 1.82) is 0 Å². The minimum Gasteiger partial charge on any atom is -0.337 e. The first-order chi connectivity index (χ1) is 4.88. The topological polar surface area (TPSA) is 32.3 Å². The molecule has 64 valence electrons. The number of nitrogens with one attached hydrogen (secondary N) is 1. The summed E-state index contributed by atoms with van der Waals surface area (Å²) in [6, 6.07) is 0.515. The molecule has 0 unspecified atom stereocenters. The molecule has 2 aliphatic rings. The van der Waals surface area contributed by atoms with E-state index in [2.05, 4.69) is 5.32 Å². The second kappa shape index (κ2) is 3.41. The SMILES string of the molecule is Cl.O=C1CNC[C@H]2CCCN12. The Bertz CT molecular complexity index is 163. The molecule has 2 aliphatic heterocycles. The molecule has 0 radical (unpaired) electrons. The van der Waals surface area contributed by atoms with Gasteiger partial charge in [0.05, 0.1) is 6.54 Å². The lowest BCUT2D eigenvalue weighted by molar-refractivity contribution is -0.132. The molecule has 11 heavy (non-hydrogen) atoms. The van der Waals surface area contributed by atoms with Crippen LogP contribution in [0.4, 0.5) is 0 Å². The van der Waals surface area contributed by atoms with Crippen LogP contribution in [0.2, 0.25) is 0 Å². The Kier molecular flexibility index (Phi) is 2.73. The van der Waals surface area contributed by atoms with E-state index >= 15 is 0 Å². The van der Waals surface area contributed by atoms with Crippen LogP contribution in [0.25, 0.3) is 0 Å². The van der Waals surface area contributed by atoms with E-state index in [9.17, 15) is 4.79 Å². The van der Waals surface area contributed by atoms with Crippen molar-refractivity contribution >= 4 is 18.3 Å². The predicted octanol–water partition coefficient (Wildman–Crippen LogP) is 0.00240. The molecule has 1 amide bonds. The van der Waals surface area contributed by atoms with Gasteiger partial charge in [-0.1, -0.05) is 0 Å². The summed E-state index contributed by atoms with van der Waals surface area (Å²) in [5.74, 6) is 0.286. The maximum atomic E-state index is 11.1. The van der Waals surface area contributed by atoms with Crippen LogP contribution in [0.3, 0.4) is 0 Å². The van der Waals surface area contributed by atoms with Gasteiger partial charge in [0, 0.05) is 19.1 Å². The molecule has 2 fully saturated rings. The molecule has 2 heterocycles. The summed E-state index contributed by atoms with van der Waals surface area (Å²) in [5.41, 5.74) is 0. The fourth-order valence-corrected chi connectivity index (χ4v) is 1.82. The first kappa shape index (κ1) is 8.81. The van der Waals surface area contributed by atoms with Gasteiger partial charge in [-0.2, -0.15) is 0 Å². The van der Waals surface area contributed by atoms with Gasteiger partial charge in [0.15, 0.2) is 0 Å². The quantitative estimate of drug-likeness (QED) is 0.564. The van der Waals surface area contributed by atoms with Crippen LogP contribution in [0, 0.1) is 0 Å². The van der Waals surface area contributed by atoms with E-state index in [0.717, 1.165) is 13.1 Å². The van der Waals surface area contributed by atoms with Crippen molar-refractivity contribution in [2.24, 2.45) is 0 Å². The number of amides is 1. The molecule has 4 heteroatoms. The number of halogens is 1. The van der Waals surface area contributed by atoms with Gasteiger partial charge >= 0.3 is 0 Å². The third kappa shape index (κ3) is 1.49. The molecule has 0 aromatic rings. The Morgan fingerprint density at radius 3 is 3.09 bits per heavy atom. The van der Waals surface area contributed by atoms with Crippen LogP contribution in [0.5, 0.6) is 0 Å². The number of rotatable bonds is 0. The Balaban J connectivity index is 0.000000605. The van der Waals surface area contributed by atoms with Crippen molar-refractivity contribution in [3.8, 4) is 0 Å². The molecular weight excluding hydrogens is 164 g/mol. The number of fused-ring (bicyclic) bond motifs is 1. The highest BCUT2D eigenvalue weighted by molar-refractivity contribution is 5.85. The molecule has 0 aromatic heterocycles. The van der Waals surface area contributed by atoms with E-state index in [-0.39, 0.29) is 18.3 Å². The summed E-state index contributed by atoms with van der Waals surface area (Å²) < 4.78 is 0. The Labute approximate surface area is 72.5 Å². The van der Waals surface area contributed by atoms with Crippen LogP contribution in [0.15, 0.2) is 0 Å². The highest BCUT2D eigenvalue weighted by Gasteiger charge is 2.31. The minimum atomic E-state index is 0. The number of hydrogen-bond acceptors (Lipinski definition) is 2. The van der Waals surface area contributed by atoms with Crippen molar-refractivity contribution in [3.63, 3.8) is 0 Å².